The quantitative estimate of drug-likeness (QED) is 0.740. The molecule has 0 aliphatic carbocycles. The van der Waals surface area contributed by atoms with E-state index in [0.29, 0.717) is 29.5 Å². The van der Waals surface area contributed by atoms with E-state index in [0.717, 1.165) is 0 Å². The van der Waals surface area contributed by atoms with Crippen LogP contribution in [0.5, 0.6) is 17.2 Å². The Bertz CT molecular complexity index is 446. The largest absolute Gasteiger partial charge is 0.493 e. The van der Waals surface area contributed by atoms with Crippen LogP contribution in [0.15, 0.2) is 24.8 Å². The van der Waals surface area contributed by atoms with Gasteiger partial charge in [-0.3, -0.25) is 4.79 Å². The minimum Gasteiger partial charge on any atom is -0.493 e. The third-order valence-corrected chi connectivity index (χ3v) is 2.72. The molecule has 0 aliphatic rings. The normalized spacial score (nSPS) is 9.68. The Hall–Kier alpha value is -2.17. The van der Waals surface area contributed by atoms with Gasteiger partial charge in [-0.15, -0.1) is 0 Å². The molecule has 0 atom stereocenters. The average Bonchev–Trinajstić information content (AvgIpc) is 2.46. The smallest absolute Gasteiger partial charge is 0.250 e. The number of anilines is 1. The van der Waals surface area contributed by atoms with Crippen molar-refractivity contribution >= 4 is 11.6 Å². The Morgan fingerprint density at radius 3 is 2.05 bits per heavy atom. The average molecular weight is 265 g/mol. The van der Waals surface area contributed by atoms with Gasteiger partial charge >= 0.3 is 0 Å². The molecular formula is C14H19NO4. The maximum atomic E-state index is 11.8. The zero-order valence-corrected chi connectivity index (χ0v) is 11.7. The van der Waals surface area contributed by atoms with Gasteiger partial charge in [0.05, 0.1) is 27.0 Å². The molecule has 0 saturated carbocycles. The number of amides is 1. The molecule has 0 bridgehead atoms. The van der Waals surface area contributed by atoms with Crippen molar-refractivity contribution in [1.29, 1.82) is 0 Å². The predicted molar refractivity (Wildman–Crippen MR) is 74.3 cm³/mol. The molecule has 5 nitrogen and oxygen atoms in total. The first-order valence-corrected chi connectivity index (χ1v) is 5.86. The molecule has 0 unspecified atom stereocenters. The predicted octanol–water partition coefficient (Wildman–Crippen LogP) is 2.25. The number of carbonyl (C=O) groups excluding carboxylic acids is 1. The monoisotopic (exact) mass is 265 g/mol. The first-order valence-electron chi connectivity index (χ1n) is 5.86. The van der Waals surface area contributed by atoms with Gasteiger partial charge in [0.15, 0.2) is 11.5 Å². The minimum atomic E-state index is -0.184. The molecule has 1 amide bonds. The third-order valence-electron chi connectivity index (χ3n) is 2.72. The van der Waals surface area contributed by atoms with Crippen molar-refractivity contribution in [3.8, 4) is 17.2 Å². The number of benzene rings is 1. The maximum absolute atomic E-state index is 11.8. The first kappa shape index (κ1) is 14.9. The summed E-state index contributed by atoms with van der Waals surface area (Å²) in [5, 5.41) is 0. The number of hydrogen-bond donors (Lipinski definition) is 0. The van der Waals surface area contributed by atoms with E-state index in [1.165, 1.54) is 27.4 Å². The van der Waals surface area contributed by atoms with Crippen molar-refractivity contribution in [2.24, 2.45) is 0 Å². The van der Waals surface area contributed by atoms with Gasteiger partial charge in [0, 0.05) is 18.7 Å². The van der Waals surface area contributed by atoms with Crippen molar-refractivity contribution in [1.82, 2.24) is 0 Å². The van der Waals surface area contributed by atoms with E-state index >= 15 is 0 Å². The lowest BCUT2D eigenvalue weighted by atomic mass is 10.2. The van der Waals surface area contributed by atoms with Crippen LogP contribution in [0.25, 0.3) is 0 Å². The lowest BCUT2D eigenvalue weighted by Gasteiger charge is -2.22. The van der Waals surface area contributed by atoms with Gasteiger partial charge in [-0.2, -0.15) is 0 Å². The number of carbonyl (C=O) groups is 1. The summed E-state index contributed by atoms with van der Waals surface area (Å²) in [5.74, 6) is 1.33. The highest BCUT2D eigenvalue weighted by Crippen LogP contribution is 2.41. The summed E-state index contributed by atoms with van der Waals surface area (Å²) >= 11 is 0. The van der Waals surface area contributed by atoms with Crippen LogP contribution < -0.4 is 19.1 Å². The topological polar surface area (TPSA) is 48.0 Å². The minimum absolute atomic E-state index is 0.184. The molecule has 0 heterocycles. The lowest BCUT2D eigenvalue weighted by Crippen LogP contribution is -2.28. The van der Waals surface area contributed by atoms with Gasteiger partial charge in [0.2, 0.25) is 11.7 Å². The second-order valence-electron chi connectivity index (χ2n) is 3.67. The van der Waals surface area contributed by atoms with Gasteiger partial charge in [-0.1, -0.05) is 6.58 Å². The Kier molecular flexibility index (Phi) is 5.23. The van der Waals surface area contributed by atoms with Gasteiger partial charge < -0.3 is 19.1 Å². The summed E-state index contributed by atoms with van der Waals surface area (Å²) in [5.41, 5.74) is 0.668. The van der Waals surface area contributed by atoms with Crippen LogP contribution in [-0.4, -0.2) is 33.8 Å². The van der Waals surface area contributed by atoms with Crippen molar-refractivity contribution in [3.63, 3.8) is 0 Å². The summed E-state index contributed by atoms with van der Waals surface area (Å²) in [7, 11) is 4.60. The van der Waals surface area contributed by atoms with Crippen LogP contribution in [0.1, 0.15) is 6.92 Å². The van der Waals surface area contributed by atoms with Crippen molar-refractivity contribution in [2.45, 2.75) is 6.92 Å². The Morgan fingerprint density at radius 1 is 1.21 bits per heavy atom. The maximum Gasteiger partial charge on any atom is 0.250 e. The van der Waals surface area contributed by atoms with E-state index < -0.39 is 0 Å². The van der Waals surface area contributed by atoms with Crippen molar-refractivity contribution in [3.05, 3.63) is 24.8 Å². The van der Waals surface area contributed by atoms with E-state index in [1.54, 1.807) is 17.0 Å². The summed E-state index contributed by atoms with van der Waals surface area (Å²) < 4.78 is 15.8. The molecule has 5 heteroatoms. The summed E-state index contributed by atoms with van der Waals surface area (Å²) in [6.07, 6.45) is 1.27. The Labute approximate surface area is 113 Å². The van der Waals surface area contributed by atoms with Gasteiger partial charge in [-0.05, 0) is 13.0 Å². The molecule has 19 heavy (non-hydrogen) atoms. The standard InChI is InChI=1S/C14H19NO4/c1-6-13(16)15(7-2)10-8-11(17-3)14(19-5)12(9-10)18-4/h6,8-9H,1,7H2,2-5H3. The van der Waals surface area contributed by atoms with Gasteiger partial charge in [0.1, 0.15) is 0 Å². The molecule has 0 spiro atoms. The molecule has 0 fully saturated rings. The van der Waals surface area contributed by atoms with Crippen molar-refractivity contribution < 1.29 is 19.0 Å². The van der Waals surface area contributed by atoms with Crippen LogP contribution in [0.3, 0.4) is 0 Å². The molecule has 0 saturated heterocycles. The van der Waals surface area contributed by atoms with Crippen LogP contribution in [0.4, 0.5) is 5.69 Å². The molecule has 0 aliphatic heterocycles. The van der Waals surface area contributed by atoms with E-state index in [9.17, 15) is 4.79 Å². The summed E-state index contributed by atoms with van der Waals surface area (Å²) in [6.45, 7) is 5.89. The fourth-order valence-corrected chi connectivity index (χ4v) is 1.80. The molecule has 0 N–H and O–H groups in total. The molecule has 0 aromatic heterocycles. The molecule has 1 rings (SSSR count). The van der Waals surface area contributed by atoms with Gasteiger partial charge in [0.25, 0.3) is 0 Å². The molecular weight excluding hydrogens is 246 g/mol. The SMILES string of the molecule is C=CC(=O)N(CC)c1cc(OC)c(OC)c(OC)c1. The fraction of sp³-hybridized carbons (Fsp3) is 0.357. The Morgan fingerprint density at radius 2 is 1.74 bits per heavy atom. The third kappa shape index (κ3) is 2.99. The fourth-order valence-electron chi connectivity index (χ4n) is 1.80. The first-order chi connectivity index (χ1) is 9.12. The second-order valence-corrected chi connectivity index (χ2v) is 3.67. The van der Waals surface area contributed by atoms with E-state index in [-0.39, 0.29) is 5.91 Å². The number of methoxy groups -OCH3 is 3. The lowest BCUT2D eigenvalue weighted by molar-refractivity contribution is -0.114. The zero-order valence-electron chi connectivity index (χ0n) is 11.7. The van der Waals surface area contributed by atoms with Crippen molar-refractivity contribution in [2.75, 3.05) is 32.8 Å². The number of nitrogens with zero attached hydrogens (tertiary/aromatic N) is 1. The summed E-state index contributed by atoms with van der Waals surface area (Å²) in [6, 6.07) is 3.46. The van der Waals surface area contributed by atoms with Crippen LogP contribution in [0.2, 0.25) is 0 Å². The highest BCUT2D eigenvalue weighted by atomic mass is 16.5. The van der Waals surface area contributed by atoms with E-state index in [1.807, 2.05) is 6.92 Å². The molecule has 0 radical (unpaired) electrons. The highest BCUT2D eigenvalue weighted by Gasteiger charge is 2.18. The zero-order chi connectivity index (χ0) is 14.4. The number of ether oxygens (including phenoxy) is 3. The van der Waals surface area contributed by atoms with E-state index in [4.69, 9.17) is 14.2 Å². The number of likely N-dealkylation sites (N-methyl/N-ethyl adjacent to an activating group) is 1. The second kappa shape index (κ2) is 6.68. The molecule has 104 valence electrons. The van der Waals surface area contributed by atoms with Crippen LogP contribution >= 0.6 is 0 Å². The van der Waals surface area contributed by atoms with Crippen LogP contribution in [0, 0.1) is 0 Å². The van der Waals surface area contributed by atoms with Crippen LogP contribution in [-0.2, 0) is 4.79 Å². The molecule has 1 aromatic carbocycles. The molecule has 1 aromatic rings. The number of rotatable bonds is 6. The highest BCUT2D eigenvalue weighted by molar-refractivity contribution is 6.01. The van der Waals surface area contributed by atoms with Gasteiger partial charge in [-0.25, -0.2) is 0 Å². The number of hydrogen-bond acceptors (Lipinski definition) is 4. The summed E-state index contributed by atoms with van der Waals surface area (Å²) in [4.78, 5) is 13.4. The van der Waals surface area contributed by atoms with E-state index in [2.05, 4.69) is 6.58 Å². The Balaban J connectivity index is 3.36.